The summed E-state index contributed by atoms with van der Waals surface area (Å²) in [5, 5.41) is 11.2. The van der Waals surface area contributed by atoms with Crippen LogP contribution < -0.4 is 9.64 Å². The minimum absolute atomic E-state index is 0.000282. The van der Waals surface area contributed by atoms with E-state index in [1.807, 2.05) is 30.9 Å². The number of carbonyl (C=O) groups is 2. The molecule has 2 aliphatic heterocycles. The fourth-order valence-electron chi connectivity index (χ4n) is 4.06. The van der Waals surface area contributed by atoms with Crippen LogP contribution in [0.3, 0.4) is 0 Å². The molecule has 0 aromatic heterocycles. The molecular weight excluding hydrogens is 413 g/mol. The maximum absolute atomic E-state index is 13.6. The number of likely N-dealkylation sites (N-methyl/N-ethyl adjacent to an activating group) is 2. The maximum atomic E-state index is 13.6. The van der Waals surface area contributed by atoms with Gasteiger partial charge in [0.2, 0.25) is 0 Å². The molecule has 1 unspecified atom stereocenters. The number of carbonyl (C=O) groups excluding carboxylic acids is 2. The lowest BCUT2D eigenvalue weighted by molar-refractivity contribution is -0.140. The van der Waals surface area contributed by atoms with E-state index in [1.54, 1.807) is 18.2 Å². The normalized spacial score (nSPS) is 20.0. The molecule has 0 saturated carbocycles. The lowest BCUT2D eigenvalue weighted by atomic mass is 9.95. The molecule has 32 heavy (non-hydrogen) atoms. The van der Waals surface area contributed by atoms with E-state index < -0.39 is 23.5 Å². The average Bonchev–Trinajstić information content (AvgIpc) is 3.02. The van der Waals surface area contributed by atoms with Crippen LogP contribution in [0.15, 0.2) is 48.0 Å². The molecule has 2 heterocycles. The quantitative estimate of drug-likeness (QED) is 0.439. The zero-order valence-electron chi connectivity index (χ0n) is 18.3. The number of rotatable bonds is 5. The summed E-state index contributed by atoms with van der Waals surface area (Å²) in [6.07, 6.45) is 0. The lowest BCUT2D eigenvalue weighted by Gasteiger charge is -2.28. The van der Waals surface area contributed by atoms with Crippen LogP contribution in [0, 0.1) is 5.82 Å². The van der Waals surface area contributed by atoms with Crippen LogP contribution in [0.25, 0.3) is 5.76 Å². The van der Waals surface area contributed by atoms with Crippen LogP contribution in [-0.2, 0) is 9.59 Å². The lowest BCUT2D eigenvalue weighted by Crippen LogP contribution is -2.35. The molecule has 1 amide bonds. The molecule has 0 aliphatic carbocycles. The minimum Gasteiger partial charge on any atom is -0.507 e. The molecule has 2 aromatic rings. The fraction of sp³-hybridized carbons (Fsp3) is 0.333. The number of ketones is 1. The van der Waals surface area contributed by atoms with E-state index in [-0.39, 0.29) is 17.9 Å². The Morgan fingerprint density at radius 3 is 2.59 bits per heavy atom. The Labute approximate surface area is 186 Å². The highest BCUT2D eigenvalue weighted by Crippen LogP contribution is 2.41. The number of fused-ring (bicyclic) bond motifs is 1. The molecule has 0 bridgehead atoms. The van der Waals surface area contributed by atoms with Crippen LogP contribution >= 0.6 is 0 Å². The number of hydrogen-bond donors (Lipinski definition) is 1. The van der Waals surface area contributed by atoms with Gasteiger partial charge in [-0.1, -0.05) is 12.1 Å². The number of halogens is 1. The van der Waals surface area contributed by atoms with Crippen molar-refractivity contribution < 1.29 is 23.8 Å². The van der Waals surface area contributed by atoms with Crippen LogP contribution in [-0.4, -0.2) is 74.0 Å². The Bertz CT molecular complexity index is 1080. The zero-order valence-corrected chi connectivity index (χ0v) is 18.3. The number of ether oxygens (including phenoxy) is 1. The summed E-state index contributed by atoms with van der Waals surface area (Å²) < 4.78 is 19.2. The second kappa shape index (κ2) is 8.63. The molecule has 1 fully saturated rings. The van der Waals surface area contributed by atoms with Crippen molar-refractivity contribution in [3.63, 3.8) is 0 Å². The Hall–Kier alpha value is -3.39. The monoisotopic (exact) mass is 439 g/mol. The first-order chi connectivity index (χ1) is 15.3. The van der Waals surface area contributed by atoms with Crippen molar-refractivity contribution in [1.29, 1.82) is 0 Å². The average molecular weight is 439 g/mol. The van der Waals surface area contributed by atoms with Crippen LogP contribution in [0.2, 0.25) is 0 Å². The molecule has 168 valence electrons. The largest absolute Gasteiger partial charge is 0.507 e. The van der Waals surface area contributed by atoms with E-state index in [4.69, 9.17) is 4.74 Å². The van der Waals surface area contributed by atoms with Crippen molar-refractivity contribution in [1.82, 2.24) is 9.80 Å². The van der Waals surface area contributed by atoms with E-state index in [0.717, 1.165) is 5.69 Å². The number of benzene rings is 2. The van der Waals surface area contributed by atoms with Gasteiger partial charge in [0.15, 0.2) is 0 Å². The van der Waals surface area contributed by atoms with Crippen molar-refractivity contribution in [2.75, 3.05) is 52.3 Å². The highest BCUT2D eigenvalue weighted by atomic mass is 19.1. The summed E-state index contributed by atoms with van der Waals surface area (Å²) in [4.78, 5) is 31.3. The third-order valence-electron chi connectivity index (χ3n) is 5.84. The van der Waals surface area contributed by atoms with Gasteiger partial charge < -0.3 is 24.5 Å². The third kappa shape index (κ3) is 3.93. The van der Waals surface area contributed by atoms with Crippen molar-refractivity contribution in [3.8, 4) is 5.75 Å². The number of hydrogen-bond acceptors (Lipinski definition) is 6. The first-order valence-electron chi connectivity index (χ1n) is 10.4. The second-order valence-electron chi connectivity index (χ2n) is 8.30. The molecule has 1 N–H and O–H groups in total. The van der Waals surface area contributed by atoms with Gasteiger partial charge in [0.05, 0.1) is 23.8 Å². The number of Topliss-reactive ketones (excluding diaryl/α,β-unsaturated/α-hetero) is 1. The number of nitrogens with zero attached hydrogens (tertiary/aromatic N) is 3. The standard InChI is InChI=1S/C24H26FN3O4/c1-26(2)10-11-28-21(15-4-7-17(25)8-5-15)20(23(30)24(28)31)22(29)16-6-9-19-18(14-16)27(3)12-13-32-19/h4-9,14,21,29H,10-13H2,1-3H3/b22-20-. The number of aliphatic hydroxyl groups is 1. The molecule has 7 nitrogen and oxygen atoms in total. The Morgan fingerprint density at radius 2 is 1.91 bits per heavy atom. The molecule has 2 aromatic carbocycles. The van der Waals surface area contributed by atoms with E-state index in [9.17, 15) is 19.1 Å². The zero-order chi connectivity index (χ0) is 23.0. The molecule has 0 radical (unpaired) electrons. The summed E-state index contributed by atoms with van der Waals surface area (Å²) in [5.41, 5.74) is 1.77. The van der Waals surface area contributed by atoms with E-state index in [2.05, 4.69) is 0 Å². The van der Waals surface area contributed by atoms with E-state index in [1.165, 1.54) is 29.2 Å². The smallest absolute Gasteiger partial charge is 0.295 e. The summed E-state index contributed by atoms with van der Waals surface area (Å²) in [6.45, 7) is 2.08. The fourth-order valence-corrected chi connectivity index (χ4v) is 4.06. The van der Waals surface area contributed by atoms with Gasteiger partial charge in [0.1, 0.15) is 23.9 Å². The highest BCUT2D eigenvalue weighted by Gasteiger charge is 2.46. The van der Waals surface area contributed by atoms with Crippen molar-refractivity contribution in [2.45, 2.75) is 6.04 Å². The second-order valence-corrected chi connectivity index (χ2v) is 8.30. The van der Waals surface area contributed by atoms with Gasteiger partial charge in [-0.15, -0.1) is 0 Å². The SMILES string of the molecule is CN(C)CCN1C(=O)C(=O)/C(=C(\O)c2ccc3c(c2)N(C)CCO3)C1c1ccc(F)cc1. The van der Waals surface area contributed by atoms with Crippen molar-refractivity contribution in [2.24, 2.45) is 0 Å². The predicted octanol–water partition coefficient (Wildman–Crippen LogP) is 2.64. The molecular formula is C24H26FN3O4. The maximum Gasteiger partial charge on any atom is 0.295 e. The molecule has 8 heteroatoms. The van der Waals surface area contributed by atoms with Crippen LogP contribution in [0.4, 0.5) is 10.1 Å². The Kier molecular flexibility index (Phi) is 5.88. The Morgan fingerprint density at radius 1 is 1.19 bits per heavy atom. The van der Waals surface area contributed by atoms with Crippen LogP contribution in [0.1, 0.15) is 17.2 Å². The molecule has 4 rings (SSSR count). The van der Waals surface area contributed by atoms with Gasteiger partial charge in [0, 0.05) is 25.7 Å². The molecule has 1 saturated heterocycles. The van der Waals surface area contributed by atoms with Gasteiger partial charge in [0.25, 0.3) is 11.7 Å². The number of aliphatic hydroxyl groups excluding tert-OH is 1. The summed E-state index contributed by atoms with van der Waals surface area (Å²) >= 11 is 0. The minimum atomic E-state index is -0.805. The number of likely N-dealkylation sites (tertiary alicyclic amines) is 1. The van der Waals surface area contributed by atoms with Gasteiger partial charge in [-0.05, 0) is 50.0 Å². The number of amides is 1. The van der Waals surface area contributed by atoms with Gasteiger partial charge in [-0.25, -0.2) is 4.39 Å². The predicted molar refractivity (Wildman–Crippen MR) is 119 cm³/mol. The first-order valence-corrected chi connectivity index (χ1v) is 10.4. The highest BCUT2D eigenvalue weighted by molar-refractivity contribution is 6.46. The van der Waals surface area contributed by atoms with Gasteiger partial charge in [-0.2, -0.15) is 0 Å². The van der Waals surface area contributed by atoms with Crippen LogP contribution in [0.5, 0.6) is 5.75 Å². The first kappa shape index (κ1) is 21.8. The summed E-state index contributed by atoms with van der Waals surface area (Å²) in [7, 11) is 5.66. The summed E-state index contributed by atoms with van der Waals surface area (Å²) in [5.74, 6) is -1.42. The molecule has 0 spiro atoms. The molecule has 2 aliphatic rings. The van der Waals surface area contributed by atoms with E-state index in [0.29, 0.717) is 36.6 Å². The third-order valence-corrected chi connectivity index (χ3v) is 5.84. The van der Waals surface area contributed by atoms with Gasteiger partial charge in [-0.3, -0.25) is 9.59 Å². The Balaban J connectivity index is 1.83. The number of anilines is 1. The summed E-state index contributed by atoms with van der Waals surface area (Å²) in [6, 6.07) is 10.0. The topological polar surface area (TPSA) is 73.3 Å². The molecule has 1 atom stereocenters. The van der Waals surface area contributed by atoms with Crippen molar-refractivity contribution >= 4 is 23.1 Å². The van der Waals surface area contributed by atoms with Gasteiger partial charge >= 0.3 is 0 Å². The van der Waals surface area contributed by atoms with E-state index >= 15 is 0 Å². The van der Waals surface area contributed by atoms with Crippen molar-refractivity contribution in [3.05, 3.63) is 65.0 Å².